The predicted octanol–water partition coefficient (Wildman–Crippen LogP) is -12.8. The van der Waals surface area contributed by atoms with Gasteiger partial charge < -0.3 is 43.8 Å². The number of rotatable bonds is 16. The van der Waals surface area contributed by atoms with Crippen LogP contribution in [0.2, 0.25) is 5.28 Å². The van der Waals surface area contributed by atoms with E-state index in [2.05, 4.69) is 40.7 Å². The van der Waals surface area contributed by atoms with Crippen molar-refractivity contribution in [1.29, 1.82) is 0 Å². The van der Waals surface area contributed by atoms with Crippen molar-refractivity contribution in [2.45, 2.75) is 31.4 Å². The molecule has 1 heterocycles. The third-order valence-electron chi connectivity index (χ3n) is 7.58. The Kier molecular flexibility index (Phi) is 26.1. The van der Waals surface area contributed by atoms with Crippen LogP contribution < -0.4 is 169 Å². The average molecular weight is 1090 g/mol. The van der Waals surface area contributed by atoms with Gasteiger partial charge in [0.2, 0.25) is 11.2 Å². The van der Waals surface area contributed by atoms with E-state index >= 15 is 0 Å². The molecule has 27 nitrogen and oxygen atoms in total. The van der Waals surface area contributed by atoms with Crippen LogP contribution in [-0.2, 0) is 55.3 Å². The van der Waals surface area contributed by atoms with E-state index in [1.54, 1.807) is 6.92 Å². The van der Waals surface area contributed by atoms with Crippen LogP contribution in [0.15, 0.2) is 93.5 Å². The number of nitrogens with two attached hydrogens (primary N) is 1. The van der Waals surface area contributed by atoms with Gasteiger partial charge in [-0.05, 0) is 72.4 Å². The fraction of sp³-hybridized carbons (Fsp3) is 0.138. The van der Waals surface area contributed by atoms with Gasteiger partial charge in [0, 0.05) is 17.7 Å². The number of halogens is 1. The molecular formula is C29H21ClN9Na5O18S5. The van der Waals surface area contributed by atoms with Gasteiger partial charge in [-0.15, -0.1) is 20.5 Å². The third-order valence-corrected chi connectivity index (χ3v) is 12.1. The van der Waals surface area contributed by atoms with Crippen molar-refractivity contribution >= 4 is 113 Å². The molecule has 0 saturated heterocycles. The summed E-state index contributed by atoms with van der Waals surface area (Å²) >= 11 is 5.94. The zero-order valence-electron chi connectivity index (χ0n) is 35.3. The fourth-order valence-electron chi connectivity index (χ4n) is 5.03. The standard InChI is InChI=1S/C29H26ClN9O18S5.5Na/c1-2-56-7-8-57-29-34-27(30)33-28(35-29)32-14-3-5-18(59(44,45)46)16(11-14)36-39-25-21(62(53,54)55)10-13-9-20(61(50,51)52)24(23(31)22(13)26(25)40)38-37-17-12-15(58(41,42)43)4-6-19(17)60(47,48)49;;;;;/h3-6,9-12,40H,2,7-8,31H2,1H3,(H,41,42,43)(H,44,45,46)(H,47,48,49)(H,50,51,52)(H,53,54,55)(H,32,33,34,35);;;;;/q;5*+1/p-5. The molecule has 5 aromatic rings. The summed E-state index contributed by atoms with van der Waals surface area (Å²) in [6.07, 6.45) is 0. The molecule has 0 spiro atoms. The predicted molar refractivity (Wildman–Crippen MR) is 201 cm³/mol. The molecule has 0 aliphatic rings. The summed E-state index contributed by atoms with van der Waals surface area (Å²) in [4.78, 5) is 5.07. The van der Waals surface area contributed by atoms with Crippen LogP contribution in [0.1, 0.15) is 6.92 Å². The molecule has 0 fully saturated rings. The van der Waals surface area contributed by atoms with E-state index in [9.17, 15) is 70.0 Å². The Balaban J connectivity index is 0.00000871. The van der Waals surface area contributed by atoms with E-state index in [-0.39, 0.29) is 190 Å². The summed E-state index contributed by atoms with van der Waals surface area (Å²) in [6, 6.07) is 3.94. The molecule has 0 atom stereocenters. The molecule has 0 aliphatic carbocycles. The Hall–Kier alpha value is -0.650. The third kappa shape index (κ3) is 17.2. The van der Waals surface area contributed by atoms with Crippen LogP contribution >= 0.6 is 11.6 Å². The van der Waals surface area contributed by atoms with Crippen LogP contribution in [0, 0.1) is 0 Å². The topological polar surface area (TPSA) is 451 Å². The monoisotopic (exact) mass is 1090 g/mol. The van der Waals surface area contributed by atoms with E-state index in [0.29, 0.717) is 36.9 Å². The second kappa shape index (κ2) is 26.3. The Labute approximate surface area is 496 Å². The SMILES string of the molecule is CCOCCOc1nc(Cl)nc(Nc2ccc(S(=O)(=O)[O-])c(N=Nc3c(S(=O)(=O)O)cc4cc(S(=O)(=O)[O-])c(N=Nc5cc(S(=O)(=O)[O-])ccc5S(=O)(=O)[O-])c(N)c4c3[O-])c2)n1.[Na+].[Na+].[Na+].[Na+].[Na+]. The summed E-state index contributed by atoms with van der Waals surface area (Å²) < 4.78 is 189. The number of hydrogen-bond donors (Lipinski definition) is 3. The van der Waals surface area contributed by atoms with Crippen molar-refractivity contribution < 1.29 is 227 Å². The number of nitrogen functional groups attached to an aromatic ring is 1. The van der Waals surface area contributed by atoms with E-state index in [0.717, 1.165) is 12.1 Å². The zero-order chi connectivity index (χ0) is 46.2. The molecule has 0 aliphatic heterocycles. The van der Waals surface area contributed by atoms with Gasteiger partial charge in [-0.2, -0.15) is 23.4 Å². The number of nitrogens with one attached hydrogen (secondary N) is 1. The number of azo groups is 2. The first-order valence-corrected chi connectivity index (χ1v) is 23.5. The van der Waals surface area contributed by atoms with Crippen molar-refractivity contribution in [2.24, 2.45) is 20.5 Å². The quantitative estimate of drug-likeness (QED) is 0.0271. The van der Waals surface area contributed by atoms with Crippen molar-refractivity contribution in [3.63, 3.8) is 0 Å². The molecule has 332 valence electrons. The molecule has 0 unspecified atom stereocenters. The fourth-order valence-corrected chi connectivity index (χ4v) is 8.17. The van der Waals surface area contributed by atoms with Gasteiger partial charge in [0.05, 0.1) is 37.6 Å². The molecule has 67 heavy (non-hydrogen) atoms. The summed E-state index contributed by atoms with van der Waals surface area (Å²) in [5, 5.41) is 28.1. The Bertz CT molecular complexity index is 3310. The zero-order valence-corrected chi connectivity index (χ0v) is 50.1. The van der Waals surface area contributed by atoms with E-state index < -0.39 is 120 Å². The summed E-state index contributed by atoms with van der Waals surface area (Å²) in [7, 11) is -27.7. The number of anilines is 3. The first kappa shape index (κ1) is 66.3. The molecular weight excluding hydrogens is 1070 g/mol. The van der Waals surface area contributed by atoms with Gasteiger partial charge in [0.1, 0.15) is 69.0 Å². The Morgan fingerprint density at radius 1 is 0.672 bits per heavy atom. The number of ether oxygens (including phenoxy) is 2. The number of hydrogen-bond acceptors (Lipinski definition) is 26. The number of nitrogens with zero attached hydrogens (tertiary/aromatic N) is 7. The molecule has 0 amide bonds. The summed E-state index contributed by atoms with van der Waals surface area (Å²) in [5.74, 6) is -1.97. The molecule has 4 N–H and O–H groups in total. The summed E-state index contributed by atoms with van der Waals surface area (Å²) in [6.45, 7) is 2.28. The minimum absolute atomic E-state index is 0. The normalized spacial score (nSPS) is 12.0. The first-order valence-electron chi connectivity index (χ1n) is 16.0. The van der Waals surface area contributed by atoms with Crippen molar-refractivity contribution in [3.8, 4) is 11.8 Å². The van der Waals surface area contributed by atoms with E-state index in [4.69, 9.17) is 26.8 Å². The van der Waals surface area contributed by atoms with Crippen molar-refractivity contribution in [1.82, 2.24) is 15.0 Å². The Morgan fingerprint density at radius 2 is 1.19 bits per heavy atom. The molecule has 5 rings (SSSR count). The van der Waals surface area contributed by atoms with Crippen LogP contribution in [0.3, 0.4) is 0 Å². The second-order valence-electron chi connectivity index (χ2n) is 11.7. The first-order chi connectivity index (χ1) is 28.6. The van der Waals surface area contributed by atoms with Crippen LogP contribution in [0.5, 0.6) is 11.8 Å². The van der Waals surface area contributed by atoms with E-state index in [1.165, 1.54) is 0 Å². The molecule has 38 heteroatoms. The Morgan fingerprint density at radius 3 is 1.72 bits per heavy atom. The van der Waals surface area contributed by atoms with Gasteiger partial charge in [0.15, 0.2) is 0 Å². The molecule has 4 aromatic carbocycles. The van der Waals surface area contributed by atoms with Crippen molar-refractivity contribution in [2.75, 3.05) is 30.9 Å². The van der Waals surface area contributed by atoms with Crippen LogP contribution in [0.4, 0.5) is 40.1 Å². The van der Waals surface area contributed by atoms with Crippen molar-refractivity contribution in [3.05, 3.63) is 53.8 Å². The maximum absolute atomic E-state index is 14.0. The van der Waals surface area contributed by atoms with Gasteiger partial charge in [-0.1, -0.05) is 5.75 Å². The molecule has 0 bridgehead atoms. The summed E-state index contributed by atoms with van der Waals surface area (Å²) in [5.41, 5.74) is -0.0357. The van der Waals surface area contributed by atoms with Gasteiger partial charge >= 0.3 is 154 Å². The van der Waals surface area contributed by atoms with Gasteiger partial charge in [-0.25, -0.2) is 33.7 Å². The smallest absolute Gasteiger partial charge is 0.870 e. The van der Waals surface area contributed by atoms with E-state index in [1.807, 2.05) is 0 Å². The van der Waals surface area contributed by atoms with Crippen LogP contribution in [-0.4, -0.2) is 99.6 Å². The maximum Gasteiger partial charge on any atom is 1.00 e. The largest absolute Gasteiger partial charge is 1.00 e. The van der Waals surface area contributed by atoms with Crippen LogP contribution in [0.25, 0.3) is 10.8 Å². The molecule has 0 saturated carbocycles. The number of aromatic nitrogens is 3. The minimum atomic E-state index is -5.79. The maximum atomic E-state index is 14.0. The average Bonchev–Trinajstić information content (AvgIpc) is 3.13. The number of benzene rings is 4. The molecule has 0 radical (unpaired) electrons. The van der Waals surface area contributed by atoms with Gasteiger partial charge in [0.25, 0.3) is 10.1 Å². The number of fused-ring (bicyclic) bond motifs is 1. The molecule has 1 aromatic heterocycles. The van der Waals surface area contributed by atoms with Gasteiger partial charge in [-0.3, -0.25) is 4.55 Å². The minimum Gasteiger partial charge on any atom is -0.870 e. The second-order valence-corrected chi connectivity index (χ2v) is 18.8.